The molecule has 0 saturated carbocycles. The number of thioether (sulfide) groups is 1. The molecule has 2 rings (SSSR count). The van der Waals surface area contributed by atoms with Gasteiger partial charge in [-0.2, -0.15) is 11.8 Å². The van der Waals surface area contributed by atoms with Crippen LogP contribution in [0.25, 0.3) is 0 Å². The van der Waals surface area contributed by atoms with Crippen LogP contribution in [0.5, 0.6) is 0 Å². The Bertz CT molecular complexity index is 760. The van der Waals surface area contributed by atoms with Gasteiger partial charge in [0.25, 0.3) is 17.7 Å². The van der Waals surface area contributed by atoms with Gasteiger partial charge in [0.15, 0.2) is 6.10 Å². The molecule has 0 bridgehead atoms. The molecule has 1 aromatic carbocycles. The van der Waals surface area contributed by atoms with Crippen LogP contribution in [0.1, 0.15) is 27.6 Å². The average molecular weight is 394 g/mol. The van der Waals surface area contributed by atoms with Gasteiger partial charge >= 0.3 is 12.1 Å². The van der Waals surface area contributed by atoms with Crippen molar-refractivity contribution >= 4 is 41.5 Å². The third kappa shape index (κ3) is 4.27. The lowest BCUT2D eigenvalue weighted by Crippen LogP contribution is -2.49. The fourth-order valence-electron chi connectivity index (χ4n) is 2.46. The number of alkyl carbamates (subject to hydrolysis) is 1. The van der Waals surface area contributed by atoms with Gasteiger partial charge in [-0.1, -0.05) is 12.1 Å². The average Bonchev–Trinajstić information content (AvgIpc) is 2.90. The molecule has 0 aliphatic carbocycles. The van der Waals surface area contributed by atoms with E-state index in [4.69, 9.17) is 4.74 Å². The molecule has 1 aliphatic heterocycles. The van der Waals surface area contributed by atoms with Crippen LogP contribution in [-0.4, -0.2) is 65.9 Å². The van der Waals surface area contributed by atoms with Crippen molar-refractivity contribution in [3.63, 3.8) is 0 Å². The maximum atomic E-state index is 12.6. The van der Waals surface area contributed by atoms with E-state index in [1.54, 1.807) is 18.4 Å². The minimum absolute atomic E-state index is 0.0929. The molecule has 2 atom stereocenters. The van der Waals surface area contributed by atoms with Crippen LogP contribution in [0.3, 0.4) is 0 Å². The van der Waals surface area contributed by atoms with Crippen molar-refractivity contribution in [1.29, 1.82) is 0 Å². The number of hydrogen-bond donors (Lipinski definition) is 1. The van der Waals surface area contributed by atoms with E-state index < -0.39 is 41.9 Å². The molecule has 10 heteroatoms. The third-order valence-electron chi connectivity index (χ3n) is 3.81. The Kier molecular flexibility index (Phi) is 6.56. The summed E-state index contributed by atoms with van der Waals surface area (Å²) in [5, 5.41) is 1.88. The summed E-state index contributed by atoms with van der Waals surface area (Å²) in [5.41, 5.74) is 0.413. The predicted octanol–water partition coefficient (Wildman–Crippen LogP) is 0.828. The molecule has 0 radical (unpaired) electrons. The van der Waals surface area contributed by atoms with Crippen LogP contribution in [0.2, 0.25) is 0 Å². The van der Waals surface area contributed by atoms with Crippen molar-refractivity contribution in [3.8, 4) is 0 Å². The first-order valence-electron chi connectivity index (χ1n) is 7.87. The minimum atomic E-state index is -1.32. The first-order chi connectivity index (χ1) is 12.8. The standard InChI is InChI=1S/C17H18N2O7S/c1-9(13(20)18-17(24)25-2)26-16(23)12(8-27-3)19-14(21)10-6-4-5-7-11(10)15(19)22/h4-7,9,12H,8H2,1-3H3,(H,18,20,24)/t9-,12-/m1/s1. The Hall–Kier alpha value is -2.88. The molecule has 0 unspecified atom stereocenters. The number of rotatable bonds is 6. The summed E-state index contributed by atoms with van der Waals surface area (Å²) in [6.45, 7) is 1.26. The molecular formula is C17H18N2O7S. The summed E-state index contributed by atoms with van der Waals surface area (Å²) in [6.07, 6.45) is -0.619. The Balaban J connectivity index is 2.17. The summed E-state index contributed by atoms with van der Waals surface area (Å²) in [5.74, 6) is -2.92. The lowest BCUT2D eigenvalue weighted by atomic mass is 10.1. The van der Waals surface area contributed by atoms with Gasteiger partial charge in [-0.25, -0.2) is 9.59 Å². The van der Waals surface area contributed by atoms with Crippen LogP contribution in [0, 0.1) is 0 Å². The van der Waals surface area contributed by atoms with Gasteiger partial charge in [0, 0.05) is 5.75 Å². The van der Waals surface area contributed by atoms with E-state index in [9.17, 15) is 24.0 Å². The van der Waals surface area contributed by atoms with Crippen LogP contribution in [0.4, 0.5) is 4.79 Å². The second-order valence-electron chi connectivity index (χ2n) is 5.56. The fourth-order valence-corrected chi connectivity index (χ4v) is 3.06. The monoisotopic (exact) mass is 394 g/mol. The quantitative estimate of drug-likeness (QED) is 0.557. The zero-order valence-corrected chi connectivity index (χ0v) is 15.7. The largest absolute Gasteiger partial charge is 0.453 e. The summed E-state index contributed by atoms with van der Waals surface area (Å²) in [6, 6.07) is 5.04. The smallest absolute Gasteiger partial charge is 0.413 e. The lowest BCUT2D eigenvalue weighted by Gasteiger charge is -2.25. The fraction of sp³-hybridized carbons (Fsp3) is 0.353. The van der Waals surface area contributed by atoms with E-state index in [2.05, 4.69) is 4.74 Å². The molecular weight excluding hydrogens is 376 g/mol. The van der Waals surface area contributed by atoms with E-state index in [1.807, 2.05) is 5.32 Å². The number of methoxy groups -OCH3 is 1. The number of hydrogen-bond acceptors (Lipinski definition) is 8. The van der Waals surface area contributed by atoms with Crippen LogP contribution in [-0.2, 0) is 19.1 Å². The first kappa shape index (κ1) is 20.4. The van der Waals surface area contributed by atoms with Crippen LogP contribution >= 0.6 is 11.8 Å². The maximum Gasteiger partial charge on any atom is 0.413 e. The molecule has 0 spiro atoms. The minimum Gasteiger partial charge on any atom is -0.453 e. The van der Waals surface area contributed by atoms with Crippen molar-refractivity contribution in [2.45, 2.75) is 19.1 Å². The molecule has 1 N–H and O–H groups in total. The Morgan fingerprint density at radius 1 is 1.15 bits per heavy atom. The molecule has 27 heavy (non-hydrogen) atoms. The Morgan fingerprint density at radius 2 is 1.70 bits per heavy atom. The molecule has 1 aromatic rings. The highest BCUT2D eigenvalue weighted by molar-refractivity contribution is 7.98. The SMILES string of the molecule is COC(=O)NC(=O)[C@@H](C)OC(=O)[C@@H](CSC)N1C(=O)c2ccccc2C1=O. The lowest BCUT2D eigenvalue weighted by molar-refractivity contribution is -0.157. The van der Waals surface area contributed by atoms with Crippen LogP contribution in [0.15, 0.2) is 24.3 Å². The highest BCUT2D eigenvalue weighted by atomic mass is 32.2. The van der Waals surface area contributed by atoms with Crippen molar-refractivity contribution in [2.75, 3.05) is 19.1 Å². The molecule has 144 valence electrons. The molecule has 9 nitrogen and oxygen atoms in total. The number of ether oxygens (including phenoxy) is 2. The number of nitrogens with one attached hydrogen (secondary N) is 1. The molecule has 1 aliphatic rings. The van der Waals surface area contributed by atoms with E-state index in [0.29, 0.717) is 0 Å². The van der Waals surface area contributed by atoms with Gasteiger partial charge in [0.1, 0.15) is 6.04 Å². The predicted molar refractivity (Wildman–Crippen MR) is 95.2 cm³/mol. The Labute approximate surface area is 159 Å². The van der Waals surface area contributed by atoms with Crippen molar-refractivity contribution in [1.82, 2.24) is 10.2 Å². The zero-order chi connectivity index (χ0) is 20.1. The normalized spacial score (nSPS) is 15.0. The maximum absolute atomic E-state index is 12.6. The molecule has 4 amide bonds. The number of fused-ring (bicyclic) bond motifs is 1. The number of esters is 1. The topological polar surface area (TPSA) is 119 Å². The van der Waals surface area contributed by atoms with Crippen molar-refractivity contribution in [3.05, 3.63) is 35.4 Å². The highest BCUT2D eigenvalue weighted by Crippen LogP contribution is 2.26. The van der Waals surface area contributed by atoms with Crippen molar-refractivity contribution < 1.29 is 33.4 Å². The molecule has 0 saturated heterocycles. The molecule has 0 aromatic heterocycles. The first-order valence-corrected chi connectivity index (χ1v) is 9.26. The summed E-state index contributed by atoms with van der Waals surface area (Å²) in [4.78, 5) is 61.4. The number of nitrogens with zero attached hydrogens (tertiary/aromatic N) is 1. The number of amides is 4. The van der Waals surface area contributed by atoms with Gasteiger partial charge in [0.05, 0.1) is 18.2 Å². The summed E-state index contributed by atoms with van der Waals surface area (Å²) >= 11 is 1.24. The van der Waals surface area contributed by atoms with Crippen molar-refractivity contribution in [2.24, 2.45) is 0 Å². The molecule has 1 heterocycles. The van der Waals surface area contributed by atoms with E-state index in [1.165, 1.54) is 30.8 Å². The second-order valence-corrected chi connectivity index (χ2v) is 6.47. The van der Waals surface area contributed by atoms with E-state index in [0.717, 1.165) is 12.0 Å². The van der Waals surface area contributed by atoms with E-state index in [-0.39, 0.29) is 16.9 Å². The van der Waals surface area contributed by atoms with Gasteiger partial charge in [-0.15, -0.1) is 0 Å². The zero-order valence-electron chi connectivity index (χ0n) is 14.9. The van der Waals surface area contributed by atoms with Gasteiger partial charge in [0.2, 0.25) is 0 Å². The van der Waals surface area contributed by atoms with Gasteiger partial charge in [-0.3, -0.25) is 24.6 Å². The highest BCUT2D eigenvalue weighted by Gasteiger charge is 2.43. The summed E-state index contributed by atoms with van der Waals surface area (Å²) < 4.78 is 9.36. The van der Waals surface area contributed by atoms with Gasteiger partial charge < -0.3 is 9.47 Å². The Morgan fingerprint density at radius 3 is 2.19 bits per heavy atom. The van der Waals surface area contributed by atoms with E-state index >= 15 is 0 Å². The second kappa shape index (κ2) is 8.67. The number of imide groups is 2. The summed E-state index contributed by atoms with van der Waals surface area (Å²) in [7, 11) is 1.08. The number of benzene rings is 1. The number of carbonyl (C=O) groups is 5. The van der Waals surface area contributed by atoms with Gasteiger partial charge in [-0.05, 0) is 25.3 Å². The third-order valence-corrected chi connectivity index (χ3v) is 4.46. The van der Waals surface area contributed by atoms with Crippen LogP contribution < -0.4 is 5.32 Å². The molecule has 0 fully saturated rings. The number of carbonyl (C=O) groups excluding carboxylic acids is 5.